The van der Waals surface area contributed by atoms with Gasteiger partial charge < -0.3 is 15.5 Å². The first-order chi connectivity index (χ1) is 11.5. The number of nitrogens with one attached hydrogen (secondary N) is 2. The highest BCUT2D eigenvalue weighted by Gasteiger charge is 2.52. The van der Waals surface area contributed by atoms with Crippen molar-refractivity contribution in [2.75, 3.05) is 13.2 Å². The van der Waals surface area contributed by atoms with Gasteiger partial charge in [-0.1, -0.05) is 37.3 Å². The molecule has 2 rings (SSSR count). The molecule has 1 fully saturated rings. The Kier molecular flexibility index (Phi) is 6.71. The van der Waals surface area contributed by atoms with Gasteiger partial charge in [-0.15, -0.1) is 0 Å². The maximum Gasteiger partial charge on any atom is 0.219 e. The number of hydrogen-bond acceptors (Lipinski definition) is 4. The van der Waals surface area contributed by atoms with Crippen molar-refractivity contribution in [1.82, 2.24) is 10.6 Å². The van der Waals surface area contributed by atoms with Gasteiger partial charge in [0.15, 0.2) is 0 Å². The SMILES string of the molecule is CCC(=O)NC[C@@]1(CCCc2ccccc2)N[C@H](CO)[C@H](F)[C@@H]1O. The minimum atomic E-state index is -1.55. The minimum absolute atomic E-state index is 0.144. The van der Waals surface area contributed by atoms with Gasteiger partial charge in [0.05, 0.1) is 18.2 Å². The van der Waals surface area contributed by atoms with E-state index in [2.05, 4.69) is 10.6 Å². The molecule has 1 saturated heterocycles. The van der Waals surface area contributed by atoms with Crippen molar-refractivity contribution in [2.24, 2.45) is 0 Å². The van der Waals surface area contributed by atoms with Crippen LogP contribution < -0.4 is 10.6 Å². The molecule has 0 bridgehead atoms. The van der Waals surface area contributed by atoms with E-state index in [1.807, 2.05) is 30.3 Å². The summed E-state index contributed by atoms with van der Waals surface area (Å²) in [6.45, 7) is 1.50. The molecule has 24 heavy (non-hydrogen) atoms. The molecule has 1 aliphatic rings. The molecular weight excluding hydrogens is 311 g/mol. The van der Waals surface area contributed by atoms with E-state index in [1.54, 1.807) is 6.92 Å². The molecule has 1 heterocycles. The Morgan fingerprint density at radius 2 is 2.08 bits per heavy atom. The van der Waals surface area contributed by atoms with Crippen molar-refractivity contribution in [3.63, 3.8) is 0 Å². The van der Waals surface area contributed by atoms with E-state index in [0.717, 1.165) is 12.8 Å². The van der Waals surface area contributed by atoms with Crippen LogP contribution in [0.1, 0.15) is 31.7 Å². The molecule has 0 unspecified atom stereocenters. The van der Waals surface area contributed by atoms with Crippen LogP contribution in [0.2, 0.25) is 0 Å². The Balaban J connectivity index is 2.03. The summed E-state index contributed by atoms with van der Waals surface area (Å²) in [5.41, 5.74) is 0.222. The number of alkyl halides is 1. The summed E-state index contributed by atoms with van der Waals surface area (Å²) < 4.78 is 14.2. The summed E-state index contributed by atoms with van der Waals surface area (Å²) in [7, 11) is 0. The molecule has 1 aromatic rings. The summed E-state index contributed by atoms with van der Waals surface area (Å²) in [6, 6.07) is 9.13. The summed E-state index contributed by atoms with van der Waals surface area (Å²) >= 11 is 0. The van der Waals surface area contributed by atoms with E-state index in [4.69, 9.17) is 0 Å². The van der Waals surface area contributed by atoms with Crippen molar-refractivity contribution in [3.05, 3.63) is 35.9 Å². The normalized spacial score (nSPS) is 29.6. The van der Waals surface area contributed by atoms with E-state index < -0.39 is 23.9 Å². The number of rotatable bonds is 8. The summed E-state index contributed by atoms with van der Waals surface area (Å²) in [6.07, 6.45) is -0.434. The summed E-state index contributed by atoms with van der Waals surface area (Å²) in [5.74, 6) is -0.144. The van der Waals surface area contributed by atoms with Crippen LogP contribution in [0.5, 0.6) is 0 Å². The van der Waals surface area contributed by atoms with Crippen LogP contribution in [0.3, 0.4) is 0 Å². The maximum absolute atomic E-state index is 14.2. The molecule has 134 valence electrons. The first-order valence-electron chi connectivity index (χ1n) is 8.53. The number of aryl methyl sites for hydroxylation is 1. The van der Waals surface area contributed by atoms with Crippen LogP contribution in [0.25, 0.3) is 0 Å². The third kappa shape index (κ3) is 4.32. The fraction of sp³-hybridized carbons (Fsp3) is 0.611. The molecule has 6 heteroatoms. The molecule has 0 spiro atoms. The predicted octanol–water partition coefficient (Wildman–Crippen LogP) is 0.937. The largest absolute Gasteiger partial charge is 0.395 e. The number of halogens is 1. The molecule has 1 aliphatic heterocycles. The molecule has 0 aromatic heterocycles. The number of amides is 1. The van der Waals surface area contributed by atoms with Crippen LogP contribution in [-0.2, 0) is 11.2 Å². The molecule has 1 aromatic carbocycles. The topological polar surface area (TPSA) is 81.6 Å². The van der Waals surface area contributed by atoms with E-state index in [-0.39, 0.29) is 19.1 Å². The second-order valence-corrected chi connectivity index (χ2v) is 6.45. The number of carbonyl (C=O) groups is 1. The lowest BCUT2D eigenvalue weighted by molar-refractivity contribution is -0.121. The Morgan fingerprint density at radius 3 is 2.67 bits per heavy atom. The lowest BCUT2D eigenvalue weighted by atomic mass is 9.87. The van der Waals surface area contributed by atoms with Gasteiger partial charge in [0.1, 0.15) is 12.3 Å². The molecule has 1 amide bonds. The highest BCUT2D eigenvalue weighted by molar-refractivity contribution is 5.75. The first-order valence-corrected chi connectivity index (χ1v) is 8.53. The average molecular weight is 338 g/mol. The smallest absolute Gasteiger partial charge is 0.219 e. The number of aliphatic hydroxyl groups excluding tert-OH is 2. The fourth-order valence-corrected chi connectivity index (χ4v) is 3.30. The van der Waals surface area contributed by atoms with Crippen molar-refractivity contribution in [3.8, 4) is 0 Å². The fourth-order valence-electron chi connectivity index (χ4n) is 3.30. The van der Waals surface area contributed by atoms with Crippen LogP contribution in [0, 0.1) is 0 Å². The second kappa shape index (κ2) is 8.55. The van der Waals surface area contributed by atoms with Crippen molar-refractivity contribution in [2.45, 2.75) is 56.5 Å². The van der Waals surface area contributed by atoms with E-state index >= 15 is 0 Å². The Bertz CT molecular complexity index is 528. The lowest BCUT2D eigenvalue weighted by Crippen LogP contribution is -2.57. The van der Waals surface area contributed by atoms with Gasteiger partial charge in [0, 0.05) is 13.0 Å². The first kappa shape index (κ1) is 18.8. The van der Waals surface area contributed by atoms with Gasteiger partial charge in [-0.3, -0.25) is 10.1 Å². The van der Waals surface area contributed by atoms with Crippen LogP contribution in [0.4, 0.5) is 4.39 Å². The monoisotopic (exact) mass is 338 g/mol. The van der Waals surface area contributed by atoms with Gasteiger partial charge in [-0.05, 0) is 24.8 Å². The van der Waals surface area contributed by atoms with Gasteiger partial charge in [0.2, 0.25) is 5.91 Å². The maximum atomic E-state index is 14.2. The molecule has 4 atom stereocenters. The van der Waals surface area contributed by atoms with Gasteiger partial charge in [0.25, 0.3) is 0 Å². The zero-order valence-electron chi connectivity index (χ0n) is 14.0. The number of carbonyl (C=O) groups excluding carboxylic acids is 1. The third-order valence-corrected chi connectivity index (χ3v) is 4.78. The van der Waals surface area contributed by atoms with Gasteiger partial charge in [-0.25, -0.2) is 4.39 Å². The molecule has 4 N–H and O–H groups in total. The Hall–Kier alpha value is -1.50. The lowest BCUT2D eigenvalue weighted by Gasteiger charge is -2.33. The van der Waals surface area contributed by atoms with Crippen molar-refractivity contribution >= 4 is 5.91 Å². The van der Waals surface area contributed by atoms with E-state index in [1.165, 1.54) is 5.56 Å². The van der Waals surface area contributed by atoms with Crippen LogP contribution in [0.15, 0.2) is 30.3 Å². The zero-order valence-corrected chi connectivity index (χ0v) is 14.0. The number of benzene rings is 1. The quantitative estimate of drug-likeness (QED) is 0.569. The third-order valence-electron chi connectivity index (χ3n) is 4.78. The molecular formula is C18H27FN2O3. The molecule has 0 aliphatic carbocycles. The molecule has 0 saturated carbocycles. The second-order valence-electron chi connectivity index (χ2n) is 6.45. The van der Waals surface area contributed by atoms with Gasteiger partial charge >= 0.3 is 0 Å². The van der Waals surface area contributed by atoms with E-state index in [0.29, 0.717) is 12.8 Å². The average Bonchev–Trinajstić information content (AvgIpc) is 2.85. The Labute approximate surface area is 142 Å². The predicted molar refractivity (Wildman–Crippen MR) is 90.3 cm³/mol. The van der Waals surface area contributed by atoms with Gasteiger partial charge in [-0.2, -0.15) is 0 Å². The highest BCUT2D eigenvalue weighted by atomic mass is 19.1. The zero-order chi connectivity index (χ0) is 17.6. The summed E-state index contributed by atoms with van der Waals surface area (Å²) in [5, 5.41) is 25.5. The molecule has 5 nitrogen and oxygen atoms in total. The van der Waals surface area contributed by atoms with Crippen molar-refractivity contribution in [1.29, 1.82) is 0 Å². The van der Waals surface area contributed by atoms with Crippen LogP contribution in [-0.4, -0.2) is 53.1 Å². The summed E-state index contributed by atoms with van der Waals surface area (Å²) in [4.78, 5) is 11.6. The van der Waals surface area contributed by atoms with Crippen molar-refractivity contribution < 1.29 is 19.4 Å². The van der Waals surface area contributed by atoms with Crippen LogP contribution >= 0.6 is 0 Å². The minimum Gasteiger partial charge on any atom is -0.395 e. The molecule has 0 radical (unpaired) electrons. The highest BCUT2D eigenvalue weighted by Crippen LogP contribution is 2.31. The Morgan fingerprint density at radius 1 is 1.38 bits per heavy atom. The standard InChI is InChI=1S/C18H27FN2O3/c1-2-15(23)20-12-18(17(24)16(19)14(11-22)21-18)10-6-9-13-7-4-3-5-8-13/h3-5,7-8,14,16-17,21-22,24H,2,6,9-12H2,1H3,(H,20,23)/t14-,16+,17+,18-/m1/s1. The number of aliphatic hydroxyl groups is 2. The number of hydrogen-bond donors (Lipinski definition) is 4. The van der Waals surface area contributed by atoms with E-state index in [9.17, 15) is 19.4 Å².